The molecule has 0 aliphatic carbocycles. The molecule has 0 aliphatic heterocycles. The molecule has 3 aromatic rings. The van der Waals surface area contributed by atoms with Gasteiger partial charge in [0.25, 0.3) is 5.91 Å². The van der Waals surface area contributed by atoms with E-state index in [9.17, 15) is 19.8 Å². The van der Waals surface area contributed by atoms with Crippen molar-refractivity contribution in [2.24, 2.45) is 0 Å². The van der Waals surface area contributed by atoms with Crippen LogP contribution >= 0.6 is 0 Å². The van der Waals surface area contributed by atoms with Crippen molar-refractivity contribution in [2.45, 2.75) is 6.54 Å². The highest BCUT2D eigenvalue weighted by atomic mass is 16.5. The summed E-state index contributed by atoms with van der Waals surface area (Å²) in [4.78, 5) is 23.1. The van der Waals surface area contributed by atoms with Crippen molar-refractivity contribution < 1.29 is 25.0 Å². The molecule has 0 spiro atoms. The van der Waals surface area contributed by atoms with E-state index in [0.717, 1.165) is 5.56 Å². The number of aromatic hydroxyl groups is 1. The SMILES string of the molecule is O=C(NO)c1ccc(Cn2ccc(-c3ccc(O)cc3)c2C(=O)O)cc1. The molecular formula is C19H16N2O5. The number of aromatic carboxylic acids is 1. The van der Waals surface area contributed by atoms with E-state index in [4.69, 9.17) is 5.21 Å². The summed E-state index contributed by atoms with van der Waals surface area (Å²) in [5, 5.41) is 27.7. The lowest BCUT2D eigenvalue weighted by molar-refractivity contribution is 0.0684. The van der Waals surface area contributed by atoms with Gasteiger partial charge in [-0.3, -0.25) is 10.0 Å². The Labute approximate surface area is 148 Å². The summed E-state index contributed by atoms with van der Waals surface area (Å²) in [5.41, 5.74) is 4.03. The zero-order valence-electron chi connectivity index (χ0n) is 13.6. The van der Waals surface area contributed by atoms with Crippen LogP contribution < -0.4 is 5.48 Å². The van der Waals surface area contributed by atoms with Crippen molar-refractivity contribution in [1.29, 1.82) is 0 Å². The first-order chi connectivity index (χ1) is 12.5. The zero-order chi connectivity index (χ0) is 18.7. The number of rotatable bonds is 5. The minimum atomic E-state index is -1.06. The number of nitrogens with zero attached hydrogens (tertiary/aromatic N) is 1. The lowest BCUT2D eigenvalue weighted by atomic mass is 10.1. The number of carbonyl (C=O) groups is 2. The first kappa shape index (κ1) is 17.2. The van der Waals surface area contributed by atoms with Gasteiger partial charge in [0.05, 0.1) is 0 Å². The molecule has 3 rings (SSSR count). The van der Waals surface area contributed by atoms with Crippen LogP contribution in [0.1, 0.15) is 26.4 Å². The van der Waals surface area contributed by atoms with Crippen LogP contribution in [-0.2, 0) is 6.54 Å². The summed E-state index contributed by atoms with van der Waals surface area (Å²) >= 11 is 0. The number of phenols is 1. The largest absolute Gasteiger partial charge is 0.508 e. The van der Waals surface area contributed by atoms with Crippen molar-refractivity contribution in [1.82, 2.24) is 10.0 Å². The zero-order valence-corrected chi connectivity index (χ0v) is 13.6. The van der Waals surface area contributed by atoms with E-state index in [2.05, 4.69) is 0 Å². The molecule has 1 aromatic heterocycles. The number of benzene rings is 2. The number of hydroxylamine groups is 1. The van der Waals surface area contributed by atoms with E-state index >= 15 is 0 Å². The van der Waals surface area contributed by atoms with Crippen LogP contribution in [0.4, 0.5) is 0 Å². The fraction of sp³-hybridized carbons (Fsp3) is 0.0526. The van der Waals surface area contributed by atoms with Crippen LogP contribution in [0.5, 0.6) is 5.75 Å². The van der Waals surface area contributed by atoms with Crippen molar-refractivity contribution in [3.8, 4) is 16.9 Å². The molecule has 0 bridgehead atoms. The molecule has 0 radical (unpaired) electrons. The average molecular weight is 352 g/mol. The normalized spacial score (nSPS) is 10.5. The maximum absolute atomic E-state index is 11.8. The van der Waals surface area contributed by atoms with E-state index in [0.29, 0.717) is 23.2 Å². The van der Waals surface area contributed by atoms with Gasteiger partial charge in [-0.2, -0.15) is 0 Å². The number of carbonyl (C=O) groups excluding carboxylic acids is 1. The molecular weight excluding hydrogens is 336 g/mol. The topological polar surface area (TPSA) is 112 Å². The van der Waals surface area contributed by atoms with Crippen LogP contribution in [0.2, 0.25) is 0 Å². The highest BCUT2D eigenvalue weighted by molar-refractivity contribution is 5.95. The lowest BCUT2D eigenvalue weighted by Crippen LogP contribution is -2.18. The second-order valence-electron chi connectivity index (χ2n) is 5.70. The Morgan fingerprint density at radius 1 is 0.962 bits per heavy atom. The quantitative estimate of drug-likeness (QED) is 0.417. The smallest absolute Gasteiger partial charge is 0.353 e. The van der Waals surface area contributed by atoms with Crippen LogP contribution in [-0.4, -0.2) is 31.9 Å². The second-order valence-corrected chi connectivity index (χ2v) is 5.70. The molecule has 0 atom stereocenters. The van der Waals surface area contributed by atoms with Crippen LogP contribution in [0.3, 0.4) is 0 Å². The fourth-order valence-corrected chi connectivity index (χ4v) is 2.74. The molecule has 7 heteroatoms. The Bertz CT molecular complexity index is 943. The van der Waals surface area contributed by atoms with Gasteiger partial charge in [0.1, 0.15) is 11.4 Å². The van der Waals surface area contributed by atoms with Crippen molar-refractivity contribution in [2.75, 3.05) is 0 Å². The van der Waals surface area contributed by atoms with Crippen LogP contribution in [0, 0.1) is 0 Å². The van der Waals surface area contributed by atoms with Gasteiger partial charge in [0.15, 0.2) is 0 Å². The summed E-state index contributed by atoms with van der Waals surface area (Å²) < 4.78 is 1.60. The Kier molecular flexibility index (Phi) is 4.72. The summed E-state index contributed by atoms with van der Waals surface area (Å²) in [6.07, 6.45) is 1.68. The number of carboxylic acids is 1. The number of hydrogen-bond acceptors (Lipinski definition) is 4. The van der Waals surface area contributed by atoms with Crippen LogP contribution in [0.15, 0.2) is 60.8 Å². The van der Waals surface area contributed by atoms with Gasteiger partial charge in [0.2, 0.25) is 0 Å². The van der Waals surface area contributed by atoms with E-state index in [-0.39, 0.29) is 11.4 Å². The monoisotopic (exact) mass is 352 g/mol. The van der Waals surface area contributed by atoms with Gasteiger partial charge in [0, 0.05) is 23.9 Å². The Balaban J connectivity index is 1.92. The average Bonchev–Trinajstić information content (AvgIpc) is 3.06. The first-order valence-corrected chi connectivity index (χ1v) is 7.75. The third kappa shape index (κ3) is 3.42. The maximum Gasteiger partial charge on any atom is 0.353 e. The van der Waals surface area contributed by atoms with Gasteiger partial charge in [-0.15, -0.1) is 0 Å². The molecule has 0 saturated carbocycles. The minimum Gasteiger partial charge on any atom is -0.508 e. The number of aromatic nitrogens is 1. The predicted molar refractivity (Wildman–Crippen MR) is 93.3 cm³/mol. The third-order valence-electron chi connectivity index (χ3n) is 4.01. The Morgan fingerprint density at radius 3 is 2.19 bits per heavy atom. The molecule has 0 unspecified atom stereocenters. The fourth-order valence-electron chi connectivity index (χ4n) is 2.74. The summed E-state index contributed by atoms with van der Waals surface area (Å²) in [7, 11) is 0. The molecule has 0 fully saturated rings. The number of carboxylic acid groups (broad SMARTS) is 1. The molecule has 0 saturated heterocycles. The third-order valence-corrected chi connectivity index (χ3v) is 4.01. The molecule has 1 heterocycles. The van der Waals surface area contributed by atoms with E-state index in [1.165, 1.54) is 12.1 Å². The predicted octanol–water partition coefficient (Wildman–Crippen LogP) is 2.73. The molecule has 26 heavy (non-hydrogen) atoms. The van der Waals surface area contributed by atoms with Crippen LogP contribution in [0.25, 0.3) is 11.1 Å². The van der Waals surface area contributed by atoms with Gasteiger partial charge < -0.3 is 14.8 Å². The number of phenolic OH excluding ortho intramolecular Hbond substituents is 1. The van der Waals surface area contributed by atoms with E-state index in [1.807, 2.05) is 0 Å². The Morgan fingerprint density at radius 2 is 1.62 bits per heavy atom. The maximum atomic E-state index is 11.8. The van der Waals surface area contributed by atoms with Gasteiger partial charge in [-0.05, 0) is 41.5 Å². The highest BCUT2D eigenvalue weighted by Gasteiger charge is 2.18. The molecule has 132 valence electrons. The number of hydrogen-bond donors (Lipinski definition) is 4. The van der Waals surface area contributed by atoms with Crippen molar-refractivity contribution in [3.05, 3.63) is 77.6 Å². The number of amides is 1. The Hall–Kier alpha value is -3.58. The van der Waals surface area contributed by atoms with E-state index < -0.39 is 11.9 Å². The summed E-state index contributed by atoms with van der Waals surface area (Å²) in [6, 6.07) is 14.5. The molecule has 7 nitrogen and oxygen atoms in total. The molecule has 1 amide bonds. The number of nitrogens with one attached hydrogen (secondary N) is 1. The highest BCUT2D eigenvalue weighted by Crippen LogP contribution is 2.27. The molecule has 0 aliphatic rings. The summed E-state index contributed by atoms with van der Waals surface area (Å²) in [5.74, 6) is -1.57. The molecule has 4 N–H and O–H groups in total. The van der Waals surface area contributed by atoms with E-state index in [1.54, 1.807) is 58.7 Å². The summed E-state index contributed by atoms with van der Waals surface area (Å²) in [6.45, 7) is 0.306. The van der Waals surface area contributed by atoms with Gasteiger partial charge in [-0.1, -0.05) is 24.3 Å². The second kappa shape index (κ2) is 7.12. The van der Waals surface area contributed by atoms with Gasteiger partial charge >= 0.3 is 5.97 Å². The van der Waals surface area contributed by atoms with Crippen molar-refractivity contribution >= 4 is 11.9 Å². The van der Waals surface area contributed by atoms with Gasteiger partial charge in [-0.25, -0.2) is 10.3 Å². The lowest BCUT2D eigenvalue weighted by Gasteiger charge is -2.09. The first-order valence-electron chi connectivity index (χ1n) is 7.75. The standard InChI is InChI=1S/C19H16N2O5/c22-15-7-5-13(6-8-15)16-9-10-21(17(16)19(24)25)11-12-1-3-14(4-2-12)18(23)20-26/h1-10,22,26H,11H2,(H,20,23)(H,24,25). The molecule has 2 aromatic carbocycles. The minimum absolute atomic E-state index is 0.108. The van der Waals surface area contributed by atoms with Crippen molar-refractivity contribution in [3.63, 3.8) is 0 Å².